The summed E-state index contributed by atoms with van der Waals surface area (Å²) in [5, 5.41) is 2.86. The number of carbonyl (C=O) groups is 1. The van der Waals surface area contributed by atoms with Gasteiger partial charge in [0.1, 0.15) is 11.6 Å². The van der Waals surface area contributed by atoms with Gasteiger partial charge in [-0.1, -0.05) is 29.3 Å². The summed E-state index contributed by atoms with van der Waals surface area (Å²) in [5.41, 5.74) is 2.80. The second kappa shape index (κ2) is 9.15. The standard InChI is InChI=1S/C26H33BN5O2S/c1-18-15-22(29-23(16-18)32-11-7-25(2,27)8-12-32)30-24(33)20-4-3-19(35(28)34)17-21(20)31-13-9-26(5-6-26)10-14-31/h3-4,15-17,28H,5-14H2,1-2H3,(H,29,30,33)/q-1. The minimum absolute atomic E-state index is 0.143. The lowest BCUT2D eigenvalue weighted by Gasteiger charge is -2.38. The van der Waals surface area contributed by atoms with Gasteiger partial charge in [-0.2, -0.15) is 10.6 Å². The van der Waals surface area contributed by atoms with Crippen molar-refractivity contribution in [2.45, 2.75) is 62.6 Å². The van der Waals surface area contributed by atoms with E-state index in [1.807, 2.05) is 19.1 Å². The second-order valence-electron chi connectivity index (χ2n) is 10.9. The summed E-state index contributed by atoms with van der Waals surface area (Å²) >= 11 is 0. The van der Waals surface area contributed by atoms with Gasteiger partial charge in [0.2, 0.25) is 0 Å². The lowest BCUT2D eigenvalue weighted by molar-refractivity contribution is 0.102. The van der Waals surface area contributed by atoms with Gasteiger partial charge < -0.3 is 24.1 Å². The Morgan fingerprint density at radius 2 is 1.69 bits per heavy atom. The van der Waals surface area contributed by atoms with Crippen LogP contribution in [0.1, 0.15) is 61.4 Å². The molecule has 0 unspecified atom stereocenters. The number of hydrogen-bond donors (Lipinski definition) is 2. The number of amides is 1. The first kappa shape index (κ1) is 24.2. The van der Waals surface area contributed by atoms with Gasteiger partial charge in [0.25, 0.3) is 5.91 Å². The number of hydrogen-bond acceptors (Lipinski definition) is 7. The van der Waals surface area contributed by atoms with Gasteiger partial charge >= 0.3 is 0 Å². The number of benzene rings is 1. The maximum absolute atomic E-state index is 13.5. The third kappa shape index (κ3) is 5.34. The van der Waals surface area contributed by atoms with Crippen molar-refractivity contribution in [1.29, 1.82) is 4.78 Å². The molecule has 2 N–H and O–H groups in total. The smallest absolute Gasteiger partial charge is 0.258 e. The lowest BCUT2D eigenvalue weighted by atomic mass is 9.64. The maximum atomic E-state index is 13.5. The maximum Gasteiger partial charge on any atom is 0.258 e. The van der Waals surface area contributed by atoms with E-state index in [1.165, 1.54) is 12.8 Å². The number of aryl methyl sites for hydroxylation is 1. The lowest BCUT2D eigenvalue weighted by Crippen LogP contribution is -2.36. The molecule has 3 aliphatic rings. The number of carbonyl (C=O) groups excluding carboxylic acids is 1. The molecule has 1 aliphatic carbocycles. The Balaban J connectivity index is 1.38. The SMILES string of the molecule is [B]C1(C)CCN(c2cc(C)cc(NC(=O)c3ccc([S-](=N)=O)cc3N3CCC4(CC3)CC4)n2)CC1. The van der Waals surface area contributed by atoms with Crippen molar-refractivity contribution in [1.82, 2.24) is 4.98 Å². The monoisotopic (exact) mass is 490 g/mol. The summed E-state index contributed by atoms with van der Waals surface area (Å²) in [4.78, 5) is 23.0. The number of rotatable bonds is 5. The first-order valence-electron chi connectivity index (χ1n) is 12.5. The van der Waals surface area contributed by atoms with Gasteiger partial charge in [0.15, 0.2) is 0 Å². The summed E-state index contributed by atoms with van der Waals surface area (Å²) in [6, 6.07) is 8.97. The number of pyridine rings is 1. The number of aromatic nitrogens is 1. The molecular formula is C26H33BN5O2S-. The molecule has 0 bridgehead atoms. The topological polar surface area (TPSA) is 89.4 Å². The van der Waals surface area contributed by atoms with Gasteiger partial charge in [0.05, 0.1) is 13.4 Å². The van der Waals surface area contributed by atoms with Crippen LogP contribution in [0, 0.1) is 17.1 Å². The van der Waals surface area contributed by atoms with Gasteiger partial charge in [-0.05, 0) is 74.6 Å². The van der Waals surface area contributed by atoms with Crippen molar-refractivity contribution >= 4 is 41.7 Å². The molecule has 2 radical (unpaired) electrons. The van der Waals surface area contributed by atoms with Gasteiger partial charge in [0, 0.05) is 31.9 Å². The summed E-state index contributed by atoms with van der Waals surface area (Å²) in [7, 11) is 4.44. The van der Waals surface area contributed by atoms with Gasteiger partial charge in [-0.25, -0.2) is 4.98 Å². The molecule has 5 rings (SSSR count). The predicted molar refractivity (Wildman–Crippen MR) is 141 cm³/mol. The molecule has 2 aliphatic heterocycles. The van der Waals surface area contributed by atoms with Crippen LogP contribution in [0.4, 0.5) is 17.3 Å². The highest BCUT2D eigenvalue weighted by atomic mass is 32.2. The van der Waals surface area contributed by atoms with Crippen LogP contribution in [0.25, 0.3) is 0 Å². The molecule has 2 aromatic rings. The molecule has 3 heterocycles. The first-order chi connectivity index (χ1) is 16.6. The van der Waals surface area contributed by atoms with Crippen molar-refractivity contribution in [3.63, 3.8) is 0 Å². The fourth-order valence-electron chi connectivity index (χ4n) is 5.28. The second-order valence-corrected chi connectivity index (χ2v) is 11.9. The quantitative estimate of drug-likeness (QED) is 0.452. The van der Waals surface area contributed by atoms with E-state index in [9.17, 15) is 9.00 Å². The molecule has 1 spiro atoms. The Kier molecular flexibility index (Phi) is 6.32. The average Bonchev–Trinajstić information content (AvgIpc) is 3.57. The minimum Gasteiger partial charge on any atom is -0.440 e. The number of anilines is 3. The molecule has 7 nitrogen and oxygen atoms in total. The van der Waals surface area contributed by atoms with Crippen LogP contribution in [0.5, 0.6) is 0 Å². The number of nitrogens with zero attached hydrogens (tertiary/aromatic N) is 3. The van der Waals surface area contributed by atoms with Crippen molar-refractivity contribution < 1.29 is 9.00 Å². The highest BCUT2D eigenvalue weighted by Crippen LogP contribution is 2.54. The molecule has 1 aromatic heterocycles. The molecule has 9 heteroatoms. The van der Waals surface area contributed by atoms with Crippen LogP contribution >= 0.6 is 0 Å². The largest absolute Gasteiger partial charge is 0.440 e. The molecule has 2 saturated heterocycles. The molecule has 1 aromatic carbocycles. The third-order valence-electron chi connectivity index (χ3n) is 7.98. The van der Waals surface area contributed by atoms with E-state index in [4.69, 9.17) is 17.6 Å². The Morgan fingerprint density at radius 3 is 2.31 bits per heavy atom. The molecule has 1 saturated carbocycles. The molecule has 35 heavy (non-hydrogen) atoms. The van der Waals surface area contributed by atoms with E-state index >= 15 is 0 Å². The van der Waals surface area contributed by atoms with Gasteiger partial charge in [-0.15, -0.1) is 0 Å². The molecule has 1 amide bonds. The van der Waals surface area contributed by atoms with Crippen LogP contribution < -0.4 is 15.1 Å². The third-order valence-corrected chi connectivity index (χ3v) is 8.66. The van der Waals surface area contributed by atoms with E-state index in [0.717, 1.165) is 68.9 Å². The van der Waals surface area contributed by atoms with E-state index in [2.05, 4.69) is 22.0 Å². The summed E-state index contributed by atoms with van der Waals surface area (Å²) < 4.78 is 19.5. The van der Waals surface area contributed by atoms with Crippen molar-refractivity contribution in [2.24, 2.45) is 5.41 Å². The minimum atomic E-state index is -1.86. The van der Waals surface area contributed by atoms with Gasteiger partial charge in [-0.3, -0.25) is 4.79 Å². The number of nitrogens with one attached hydrogen (secondary N) is 2. The Hall–Kier alpha value is -2.55. The van der Waals surface area contributed by atoms with E-state index in [1.54, 1.807) is 18.2 Å². The zero-order valence-electron chi connectivity index (χ0n) is 20.6. The predicted octanol–water partition coefficient (Wildman–Crippen LogP) is 5.06. The summed E-state index contributed by atoms with van der Waals surface area (Å²) in [6.07, 6.45) is 6.62. The van der Waals surface area contributed by atoms with Crippen LogP contribution in [0.2, 0.25) is 5.31 Å². The van der Waals surface area contributed by atoms with Crippen molar-refractivity contribution in [3.05, 3.63) is 41.5 Å². The van der Waals surface area contributed by atoms with Crippen LogP contribution in [0.3, 0.4) is 0 Å². The number of piperidine rings is 2. The van der Waals surface area contributed by atoms with Crippen LogP contribution in [0.15, 0.2) is 35.2 Å². The van der Waals surface area contributed by atoms with E-state index < -0.39 is 10.6 Å². The molecule has 184 valence electrons. The highest BCUT2D eigenvalue weighted by molar-refractivity contribution is 7.73. The van der Waals surface area contributed by atoms with E-state index in [-0.39, 0.29) is 11.2 Å². The average molecular weight is 490 g/mol. The van der Waals surface area contributed by atoms with Crippen LogP contribution in [-0.2, 0) is 14.8 Å². The summed E-state index contributed by atoms with van der Waals surface area (Å²) in [6.45, 7) is 7.51. The Morgan fingerprint density at radius 1 is 1.03 bits per heavy atom. The normalized spacial score (nSPS) is 20.8. The molecule has 3 fully saturated rings. The van der Waals surface area contributed by atoms with Crippen molar-refractivity contribution in [3.8, 4) is 0 Å². The zero-order valence-corrected chi connectivity index (χ0v) is 21.4. The summed E-state index contributed by atoms with van der Waals surface area (Å²) in [5.74, 6) is 1.12. The Bertz CT molecular complexity index is 1200. The fourth-order valence-corrected chi connectivity index (χ4v) is 5.69. The van der Waals surface area contributed by atoms with Crippen LogP contribution in [-0.4, -0.2) is 44.9 Å². The first-order valence-corrected chi connectivity index (χ1v) is 13.6. The zero-order chi connectivity index (χ0) is 24.8. The fraction of sp³-hybridized carbons (Fsp3) is 0.538. The molecular weight excluding hydrogens is 457 g/mol. The molecule has 0 atom stereocenters. The Labute approximate surface area is 211 Å². The van der Waals surface area contributed by atoms with E-state index in [0.29, 0.717) is 21.7 Å². The van der Waals surface area contributed by atoms with Crippen molar-refractivity contribution in [2.75, 3.05) is 41.3 Å². The highest BCUT2D eigenvalue weighted by Gasteiger charge is 2.44.